The second-order valence-corrected chi connectivity index (χ2v) is 7.94. The maximum atomic E-state index is 9.01. The zero-order valence-electron chi connectivity index (χ0n) is 17.6. The first-order chi connectivity index (χ1) is 12.9. The number of para-hydroxylation sites is 2. The monoisotopic (exact) mass is 363 g/mol. The Balaban J connectivity index is 2.16. The van der Waals surface area contributed by atoms with Crippen LogP contribution in [0, 0.1) is 33.1 Å². The van der Waals surface area contributed by atoms with Crippen molar-refractivity contribution in [1.82, 2.24) is 0 Å². The van der Waals surface area contributed by atoms with Gasteiger partial charge in [-0.2, -0.15) is 0 Å². The topological polar surface area (TPSA) is 30.3 Å². The summed E-state index contributed by atoms with van der Waals surface area (Å²) in [4.78, 5) is 4.80. The van der Waals surface area contributed by atoms with Gasteiger partial charge in [-0.25, -0.2) is 0 Å². The molecule has 2 aromatic rings. The third kappa shape index (κ3) is 3.36. The number of nitrogens with one attached hydrogen (secondary N) is 1. The number of rotatable bonds is 5. The zero-order valence-corrected chi connectivity index (χ0v) is 17.6. The molecule has 144 valence electrons. The van der Waals surface area contributed by atoms with E-state index in [-0.39, 0.29) is 12.2 Å². The highest BCUT2D eigenvalue weighted by molar-refractivity contribution is 6.06. The van der Waals surface area contributed by atoms with Crippen molar-refractivity contribution in [2.75, 3.05) is 9.80 Å². The van der Waals surface area contributed by atoms with Crippen LogP contribution in [0.25, 0.3) is 0 Å². The van der Waals surface area contributed by atoms with Crippen molar-refractivity contribution >= 4 is 17.2 Å². The summed E-state index contributed by atoms with van der Waals surface area (Å²) < 4.78 is 0. The number of amidine groups is 1. The van der Waals surface area contributed by atoms with E-state index in [2.05, 4.69) is 87.7 Å². The molecule has 0 spiro atoms. The van der Waals surface area contributed by atoms with E-state index in [1.54, 1.807) is 0 Å². The summed E-state index contributed by atoms with van der Waals surface area (Å²) in [7, 11) is 0. The van der Waals surface area contributed by atoms with Crippen LogP contribution in [0.3, 0.4) is 0 Å². The number of hydrogen-bond donors (Lipinski definition) is 1. The SMILES string of the molecule is CCCCC1N(c2c(C)cccc2C)C(=N)C(C)N1c1c(C)cccc1C. The van der Waals surface area contributed by atoms with Gasteiger partial charge in [0.05, 0.1) is 11.7 Å². The predicted molar refractivity (Wildman–Crippen MR) is 117 cm³/mol. The Labute approximate surface area is 164 Å². The standard InChI is InChI=1S/C24H33N3/c1-7-8-15-21-26(22-16(2)11-9-12-17(22)3)20(6)24(25)27(21)23-18(4)13-10-14-19(23)5/h9-14,20-21,25H,7-8,15H2,1-6H3. The fourth-order valence-electron chi connectivity index (χ4n) is 4.54. The van der Waals surface area contributed by atoms with Gasteiger partial charge in [-0.15, -0.1) is 0 Å². The van der Waals surface area contributed by atoms with Crippen LogP contribution in [0.5, 0.6) is 0 Å². The van der Waals surface area contributed by atoms with Crippen LogP contribution in [0.2, 0.25) is 0 Å². The molecule has 0 bridgehead atoms. The van der Waals surface area contributed by atoms with Crippen LogP contribution < -0.4 is 9.80 Å². The predicted octanol–water partition coefficient (Wildman–Crippen LogP) is 6.13. The Morgan fingerprint density at radius 3 is 1.81 bits per heavy atom. The Kier molecular flexibility index (Phi) is 5.59. The van der Waals surface area contributed by atoms with Gasteiger partial charge in [0.2, 0.25) is 0 Å². The van der Waals surface area contributed by atoms with Gasteiger partial charge in [0.1, 0.15) is 12.0 Å². The second kappa shape index (κ2) is 7.75. The van der Waals surface area contributed by atoms with Crippen molar-refractivity contribution in [3.63, 3.8) is 0 Å². The van der Waals surface area contributed by atoms with Crippen molar-refractivity contribution in [3.05, 3.63) is 58.7 Å². The van der Waals surface area contributed by atoms with Crippen molar-refractivity contribution in [2.45, 2.75) is 73.0 Å². The minimum Gasteiger partial charge on any atom is -0.340 e. The lowest BCUT2D eigenvalue weighted by atomic mass is 10.0. The number of unbranched alkanes of at least 4 members (excludes halogenated alkanes) is 1. The lowest BCUT2D eigenvalue weighted by Gasteiger charge is -2.36. The average molecular weight is 364 g/mol. The Hall–Kier alpha value is -2.29. The van der Waals surface area contributed by atoms with Gasteiger partial charge in [-0.1, -0.05) is 49.7 Å². The Morgan fingerprint density at radius 2 is 1.33 bits per heavy atom. The first kappa shape index (κ1) is 19.5. The van der Waals surface area contributed by atoms with Gasteiger partial charge in [0.25, 0.3) is 0 Å². The summed E-state index contributed by atoms with van der Waals surface area (Å²) in [6.45, 7) is 13.1. The number of aryl methyl sites for hydroxylation is 4. The van der Waals surface area contributed by atoms with Crippen molar-refractivity contribution in [1.29, 1.82) is 5.41 Å². The fraction of sp³-hybridized carbons (Fsp3) is 0.458. The fourth-order valence-corrected chi connectivity index (χ4v) is 4.54. The van der Waals surface area contributed by atoms with Gasteiger partial charge in [0.15, 0.2) is 0 Å². The maximum absolute atomic E-state index is 9.01. The van der Waals surface area contributed by atoms with Gasteiger partial charge in [-0.3, -0.25) is 5.41 Å². The van der Waals surface area contributed by atoms with E-state index >= 15 is 0 Å². The van der Waals surface area contributed by atoms with E-state index in [1.165, 1.54) is 40.0 Å². The van der Waals surface area contributed by atoms with Crippen molar-refractivity contribution in [3.8, 4) is 0 Å². The molecule has 1 fully saturated rings. The number of benzene rings is 2. The molecule has 2 atom stereocenters. The number of nitrogens with zero attached hydrogens (tertiary/aromatic N) is 2. The van der Waals surface area contributed by atoms with Crippen LogP contribution in [0.15, 0.2) is 36.4 Å². The minimum absolute atomic E-state index is 0.0608. The Bertz CT molecular complexity index is 799. The van der Waals surface area contributed by atoms with Crippen molar-refractivity contribution in [2.24, 2.45) is 0 Å². The second-order valence-electron chi connectivity index (χ2n) is 7.94. The summed E-state index contributed by atoms with van der Waals surface area (Å²) in [5, 5.41) is 9.01. The molecule has 1 aliphatic rings. The molecule has 0 aromatic heterocycles. The highest BCUT2D eigenvalue weighted by Gasteiger charge is 2.43. The van der Waals surface area contributed by atoms with Crippen molar-refractivity contribution < 1.29 is 0 Å². The molecule has 1 N–H and O–H groups in total. The van der Waals surface area contributed by atoms with Crippen LogP contribution in [-0.4, -0.2) is 18.0 Å². The smallest absolute Gasteiger partial charge is 0.125 e. The number of hydrogen-bond acceptors (Lipinski definition) is 2. The molecule has 1 saturated heterocycles. The molecule has 0 amide bonds. The molecular weight excluding hydrogens is 330 g/mol. The molecule has 2 aromatic carbocycles. The number of anilines is 2. The van der Waals surface area contributed by atoms with E-state index in [9.17, 15) is 0 Å². The minimum atomic E-state index is 0.0608. The molecule has 3 nitrogen and oxygen atoms in total. The van der Waals surface area contributed by atoms with E-state index in [1.807, 2.05) is 0 Å². The lowest BCUT2D eigenvalue weighted by molar-refractivity contribution is 0.562. The normalized spacial score (nSPS) is 19.9. The molecule has 2 unspecified atom stereocenters. The molecule has 0 saturated carbocycles. The van der Waals surface area contributed by atoms with E-state index in [0.29, 0.717) is 5.84 Å². The third-order valence-electron chi connectivity index (χ3n) is 5.89. The van der Waals surface area contributed by atoms with Gasteiger partial charge >= 0.3 is 0 Å². The highest BCUT2D eigenvalue weighted by Crippen LogP contribution is 2.40. The van der Waals surface area contributed by atoms with Gasteiger partial charge < -0.3 is 9.80 Å². The molecule has 3 rings (SSSR count). The third-order valence-corrected chi connectivity index (χ3v) is 5.89. The van der Waals surface area contributed by atoms with E-state index in [0.717, 1.165) is 12.8 Å². The largest absolute Gasteiger partial charge is 0.340 e. The summed E-state index contributed by atoms with van der Waals surface area (Å²) in [5.74, 6) is 0.705. The molecule has 3 heteroatoms. The van der Waals surface area contributed by atoms with Crippen LogP contribution in [-0.2, 0) is 0 Å². The van der Waals surface area contributed by atoms with Crippen LogP contribution in [0.4, 0.5) is 11.4 Å². The van der Waals surface area contributed by atoms with Gasteiger partial charge in [0, 0.05) is 5.69 Å². The molecule has 1 aliphatic heterocycles. The van der Waals surface area contributed by atoms with Crippen LogP contribution in [0.1, 0.15) is 55.4 Å². The quantitative estimate of drug-likeness (QED) is 0.692. The average Bonchev–Trinajstić information content (AvgIpc) is 2.85. The summed E-state index contributed by atoms with van der Waals surface area (Å²) in [6.07, 6.45) is 3.57. The molecule has 0 radical (unpaired) electrons. The van der Waals surface area contributed by atoms with Crippen LogP contribution >= 0.6 is 0 Å². The Morgan fingerprint density at radius 1 is 0.852 bits per heavy atom. The van der Waals surface area contributed by atoms with E-state index < -0.39 is 0 Å². The molecule has 0 aliphatic carbocycles. The highest BCUT2D eigenvalue weighted by atomic mass is 15.5. The molecular formula is C24H33N3. The van der Waals surface area contributed by atoms with E-state index in [4.69, 9.17) is 5.41 Å². The summed E-state index contributed by atoms with van der Waals surface area (Å²) in [6, 6.07) is 13.0. The zero-order chi connectivity index (χ0) is 19.7. The summed E-state index contributed by atoms with van der Waals surface area (Å²) >= 11 is 0. The lowest BCUT2D eigenvalue weighted by Crippen LogP contribution is -2.41. The summed E-state index contributed by atoms with van der Waals surface area (Å²) in [5.41, 5.74) is 7.58. The molecule has 1 heterocycles. The van der Waals surface area contributed by atoms with Gasteiger partial charge in [-0.05, 0) is 69.7 Å². The maximum Gasteiger partial charge on any atom is 0.125 e. The first-order valence-electron chi connectivity index (χ1n) is 10.2. The first-order valence-corrected chi connectivity index (χ1v) is 10.2. The molecule has 27 heavy (non-hydrogen) atoms.